The molecule has 2 aromatic heterocycles. The Morgan fingerprint density at radius 2 is 2.00 bits per heavy atom. The molecule has 1 aromatic carbocycles. The number of rotatable bonds is 10. The number of thiazole rings is 2. The minimum absolute atomic E-state index is 0.000387. The number of carbonyl (C=O) groups is 1. The zero-order chi connectivity index (χ0) is 22.6. The van der Waals surface area contributed by atoms with Crippen molar-refractivity contribution in [1.82, 2.24) is 9.97 Å². The quantitative estimate of drug-likeness (QED) is 0.341. The highest BCUT2D eigenvalue weighted by Crippen LogP contribution is 2.33. The van der Waals surface area contributed by atoms with E-state index in [-0.39, 0.29) is 22.5 Å². The SMILES string of the molecule is COCc1cnc(NC(=O)C(=NOCc2nccs2)c2ccc(S(=O)(=O)C3CC3)cc2)s1. The number of ether oxygens (including phenoxy) is 1. The van der Waals surface area contributed by atoms with E-state index in [1.165, 1.54) is 34.8 Å². The Hall–Kier alpha value is -2.67. The summed E-state index contributed by atoms with van der Waals surface area (Å²) >= 11 is 2.69. The lowest BCUT2D eigenvalue weighted by molar-refractivity contribution is -0.110. The molecule has 0 radical (unpaired) electrons. The minimum atomic E-state index is -3.33. The van der Waals surface area contributed by atoms with Gasteiger partial charge in [0.05, 0.1) is 21.6 Å². The van der Waals surface area contributed by atoms with Crippen molar-refractivity contribution in [3.8, 4) is 0 Å². The number of benzene rings is 1. The van der Waals surface area contributed by atoms with Crippen LogP contribution in [0.2, 0.25) is 0 Å². The van der Waals surface area contributed by atoms with Gasteiger partial charge in [0, 0.05) is 30.4 Å². The lowest BCUT2D eigenvalue weighted by Gasteiger charge is -2.08. The highest BCUT2D eigenvalue weighted by Gasteiger charge is 2.36. The zero-order valence-electron chi connectivity index (χ0n) is 17.1. The molecule has 1 aliphatic rings. The predicted molar refractivity (Wildman–Crippen MR) is 122 cm³/mol. The van der Waals surface area contributed by atoms with E-state index in [4.69, 9.17) is 9.57 Å². The fourth-order valence-corrected chi connectivity index (χ4v) is 5.76. The monoisotopic (exact) mass is 492 g/mol. The molecule has 1 fully saturated rings. The van der Waals surface area contributed by atoms with Crippen molar-refractivity contribution in [2.75, 3.05) is 12.4 Å². The van der Waals surface area contributed by atoms with Gasteiger partial charge in [0.15, 0.2) is 27.3 Å². The highest BCUT2D eigenvalue weighted by molar-refractivity contribution is 7.92. The molecule has 0 spiro atoms. The number of nitrogens with zero attached hydrogens (tertiary/aromatic N) is 3. The number of nitrogens with one attached hydrogen (secondary N) is 1. The van der Waals surface area contributed by atoms with E-state index in [0.717, 1.165) is 4.88 Å². The number of oxime groups is 1. The molecule has 0 saturated heterocycles. The van der Waals surface area contributed by atoms with E-state index >= 15 is 0 Å². The van der Waals surface area contributed by atoms with Crippen LogP contribution in [0.4, 0.5) is 5.13 Å². The van der Waals surface area contributed by atoms with Gasteiger partial charge in [-0.2, -0.15) is 0 Å². The van der Waals surface area contributed by atoms with Crippen molar-refractivity contribution < 1.29 is 22.8 Å². The Morgan fingerprint density at radius 1 is 1.22 bits per heavy atom. The number of anilines is 1. The average molecular weight is 493 g/mol. The smallest absolute Gasteiger partial charge is 0.280 e. The summed E-state index contributed by atoms with van der Waals surface area (Å²) in [6.45, 7) is 0.500. The van der Waals surface area contributed by atoms with Gasteiger partial charge in [-0.05, 0) is 25.0 Å². The molecule has 0 atom stereocenters. The van der Waals surface area contributed by atoms with Gasteiger partial charge in [0.25, 0.3) is 5.91 Å². The van der Waals surface area contributed by atoms with Gasteiger partial charge < -0.3 is 9.57 Å². The second-order valence-corrected chi connectivity index (χ2v) is 11.2. The zero-order valence-corrected chi connectivity index (χ0v) is 19.5. The van der Waals surface area contributed by atoms with E-state index in [9.17, 15) is 13.2 Å². The Morgan fingerprint density at radius 3 is 2.66 bits per heavy atom. The molecular weight excluding hydrogens is 472 g/mol. The largest absolute Gasteiger partial charge is 0.388 e. The maximum atomic E-state index is 13.0. The summed E-state index contributed by atoms with van der Waals surface area (Å²) in [5, 5.41) is 9.34. The van der Waals surface area contributed by atoms with Gasteiger partial charge in [-0.1, -0.05) is 28.6 Å². The van der Waals surface area contributed by atoms with Crippen molar-refractivity contribution >= 4 is 49.3 Å². The van der Waals surface area contributed by atoms with Crippen molar-refractivity contribution in [1.29, 1.82) is 0 Å². The molecule has 168 valence electrons. The van der Waals surface area contributed by atoms with Gasteiger partial charge in [-0.25, -0.2) is 18.4 Å². The fraction of sp³-hybridized carbons (Fsp3) is 0.300. The average Bonchev–Trinajstić information content (AvgIpc) is 3.37. The number of methoxy groups -OCH3 is 1. The number of carbonyl (C=O) groups excluding carboxylic acids is 1. The van der Waals surface area contributed by atoms with Crippen LogP contribution in [0.15, 0.2) is 52.1 Å². The summed E-state index contributed by atoms with van der Waals surface area (Å²) in [4.78, 5) is 27.7. The number of hydrogen-bond donors (Lipinski definition) is 1. The molecule has 1 saturated carbocycles. The summed E-state index contributed by atoms with van der Waals surface area (Å²) in [5.74, 6) is -0.528. The third-order valence-corrected chi connectivity index (χ3v) is 8.44. The van der Waals surface area contributed by atoms with Crippen LogP contribution in [0.1, 0.15) is 28.3 Å². The van der Waals surface area contributed by atoms with E-state index in [1.54, 1.807) is 31.6 Å². The fourth-order valence-electron chi connectivity index (χ4n) is 2.81. The minimum Gasteiger partial charge on any atom is -0.388 e. The maximum Gasteiger partial charge on any atom is 0.280 e. The van der Waals surface area contributed by atoms with Gasteiger partial charge in [0.1, 0.15) is 5.01 Å². The highest BCUT2D eigenvalue weighted by atomic mass is 32.2. The van der Waals surface area contributed by atoms with Crippen LogP contribution >= 0.6 is 22.7 Å². The predicted octanol–water partition coefficient (Wildman–Crippen LogP) is 3.24. The van der Waals surface area contributed by atoms with E-state index in [2.05, 4.69) is 20.4 Å². The Bertz CT molecular complexity index is 1200. The van der Waals surface area contributed by atoms with Crippen LogP contribution < -0.4 is 5.32 Å². The van der Waals surface area contributed by atoms with Crippen LogP contribution in [0.3, 0.4) is 0 Å². The Balaban J connectivity index is 1.55. The van der Waals surface area contributed by atoms with Crippen LogP contribution in [0, 0.1) is 0 Å². The number of aromatic nitrogens is 2. The number of amides is 1. The Labute approximate surface area is 193 Å². The maximum absolute atomic E-state index is 13.0. The molecule has 2 heterocycles. The molecule has 32 heavy (non-hydrogen) atoms. The molecule has 1 aliphatic carbocycles. The van der Waals surface area contributed by atoms with Crippen molar-refractivity contribution in [3.05, 3.63) is 57.5 Å². The molecule has 1 amide bonds. The van der Waals surface area contributed by atoms with Crippen LogP contribution in [0.25, 0.3) is 0 Å². The van der Waals surface area contributed by atoms with Crippen LogP contribution in [-0.4, -0.2) is 42.4 Å². The number of hydrogen-bond acceptors (Lipinski definition) is 10. The van der Waals surface area contributed by atoms with Gasteiger partial charge >= 0.3 is 0 Å². The molecule has 3 aromatic rings. The van der Waals surface area contributed by atoms with Gasteiger partial charge in [0.2, 0.25) is 0 Å². The summed E-state index contributed by atoms with van der Waals surface area (Å²) < 4.78 is 30.0. The first-order chi connectivity index (χ1) is 15.5. The molecule has 0 unspecified atom stereocenters. The summed E-state index contributed by atoms with van der Waals surface area (Å²) in [7, 11) is -1.75. The lowest BCUT2D eigenvalue weighted by Crippen LogP contribution is -2.24. The first-order valence-electron chi connectivity index (χ1n) is 9.65. The second kappa shape index (κ2) is 9.86. The second-order valence-electron chi connectivity index (χ2n) is 6.93. The third kappa shape index (κ3) is 5.38. The van der Waals surface area contributed by atoms with Crippen molar-refractivity contribution in [2.24, 2.45) is 5.16 Å². The van der Waals surface area contributed by atoms with Gasteiger partial charge in [-0.15, -0.1) is 11.3 Å². The summed E-state index contributed by atoms with van der Waals surface area (Å²) in [6.07, 6.45) is 4.64. The van der Waals surface area contributed by atoms with Crippen molar-refractivity contribution in [3.63, 3.8) is 0 Å². The van der Waals surface area contributed by atoms with Gasteiger partial charge in [-0.3, -0.25) is 10.1 Å². The van der Waals surface area contributed by atoms with E-state index < -0.39 is 15.7 Å². The molecule has 0 bridgehead atoms. The summed E-state index contributed by atoms with van der Waals surface area (Å²) in [5.41, 5.74) is 0.422. The third-order valence-electron chi connectivity index (χ3n) is 4.52. The molecule has 1 N–H and O–H groups in total. The lowest BCUT2D eigenvalue weighted by atomic mass is 10.1. The molecular formula is C20H20N4O5S3. The standard InChI is InChI=1S/C20H20N4O5S3/c1-28-11-14-10-22-20(31-14)23-19(25)18(24-29-12-17-21-8-9-30-17)13-2-4-15(5-3-13)32(26,27)16-6-7-16/h2-5,8-10,16H,6-7,11-12H2,1H3,(H,22,23,25). The molecule has 0 aliphatic heterocycles. The summed E-state index contributed by atoms with van der Waals surface area (Å²) in [6, 6.07) is 6.09. The van der Waals surface area contributed by atoms with Crippen LogP contribution in [-0.2, 0) is 37.4 Å². The normalized spacial score (nSPS) is 14.3. The molecule has 12 heteroatoms. The topological polar surface area (TPSA) is 120 Å². The van der Waals surface area contributed by atoms with Crippen LogP contribution in [0.5, 0.6) is 0 Å². The first-order valence-corrected chi connectivity index (χ1v) is 12.9. The van der Waals surface area contributed by atoms with E-state index in [0.29, 0.717) is 35.2 Å². The molecule has 4 rings (SSSR count). The first kappa shape index (κ1) is 22.5. The number of sulfone groups is 1. The van der Waals surface area contributed by atoms with E-state index in [1.807, 2.05) is 5.38 Å². The molecule has 9 nitrogen and oxygen atoms in total. The Kier molecular flexibility index (Phi) is 6.94. The van der Waals surface area contributed by atoms with Crippen molar-refractivity contribution in [2.45, 2.75) is 36.2 Å².